The molecule has 5 heteroatoms. The maximum atomic E-state index is 12.2. The van der Waals surface area contributed by atoms with Crippen LogP contribution in [0.3, 0.4) is 0 Å². The number of nitrogens with two attached hydrogens (primary N) is 1. The predicted octanol–water partition coefficient (Wildman–Crippen LogP) is 4.54. The predicted molar refractivity (Wildman–Crippen MR) is 113 cm³/mol. The second kappa shape index (κ2) is 9.20. The Morgan fingerprint density at radius 1 is 1.25 bits per heavy atom. The van der Waals surface area contributed by atoms with Crippen molar-refractivity contribution in [1.29, 1.82) is 0 Å². The van der Waals surface area contributed by atoms with E-state index in [1.165, 1.54) is 0 Å². The van der Waals surface area contributed by atoms with Crippen LogP contribution in [-0.4, -0.2) is 16.7 Å². The first-order chi connectivity index (χ1) is 13.1. The van der Waals surface area contributed by atoms with E-state index < -0.39 is 11.7 Å². The molecule has 0 spiro atoms. The Morgan fingerprint density at radius 3 is 2.43 bits per heavy atom. The van der Waals surface area contributed by atoms with Crippen LogP contribution in [0, 0.1) is 18.9 Å². The third kappa shape index (κ3) is 6.34. The van der Waals surface area contributed by atoms with Crippen LogP contribution in [0.15, 0.2) is 24.3 Å². The Kier molecular flexibility index (Phi) is 7.19. The first kappa shape index (κ1) is 21.9. The number of alkyl carbamates (subject to hydrolysis) is 1. The van der Waals surface area contributed by atoms with Gasteiger partial charge in [-0.25, -0.2) is 4.79 Å². The summed E-state index contributed by atoms with van der Waals surface area (Å²) >= 11 is 0. The van der Waals surface area contributed by atoms with Crippen molar-refractivity contribution in [3.8, 4) is 11.1 Å². The number of ether oxygens (including phenoxy) is 1. The van der Waals surface area contributed by atoms with Gasteiger partial charge in [-0.3, -0.25) is 4.98 Å². The van der Waals surface area contributed by atoms with Crippen LogP contribution in [0.25, 0.3) is 11.1 Å². The minimum Gasteiger partial charge on any atom is -0.444 e. The average molecular weight is 383 g/mol. The van der Waals surface area contributed by atoms with Gasteiger partial charge in [0.1, 0.15) is 5.60 Å². The first-order valence-electron chi connectivity index (χ1n) is 9.77. The third-order valence-corrected chi connectivity index (χ3v) is 4.15. The molecule has 0 unspecified atom stereocenters. The van der Waals surface area contributed by atoms with Gasteiger partial charge in [0.2, 0.25) is 0 Å². The number of hydrogen-bond acceptors (Lipinski definition) is 4. The molecule has 28 heavy (non-hydrogen) atoms. The van der Waals surface area contributed by atoms with E-state index in [0.29, 0.717) is 19.0 Å². The Labute approximate surface area is 168 Å². The summed E-state index contributed by atoms with van der Waals surface area (Å²) in [5.74, 6) is 0.446. The Bertz CT molecular complexity index is 806. The lowest BCUT2D eigenvalue weighted by molar-refractivity contribution is 0.0523. The number of aromatic nitrogens is 1. The zero-order chi connectivity index (χ0) is 20.9. The van der Waals surface area contributed by atoms with E-state index in [4.69, 9.17) is 15.5 Å². The van der Waals surface area contributed by atoms with Crippen molar-refractivity contribution >= 4 is 6.09 Å². The van der Waals surface area contributed by atoms with Gasteiger partial charge in [-0.1, -0.05) is 38.1 Å². The second-order valence-corrected chi connectivity index (χ2v) is 8.48. The fourth-order valence-electron chi connectivity index (χ4n) is 2.97. The molecule has 1 aromatic heterocycles. The summed E-state index contributed by atoms with van der Waals surface area (Å²) < 4.78 is 5.39. The number of aryl methyl sites for hydroxylation is 1. The van der Waals surface area contributed by atoms with Crippen molar-refractivity contribution in [2.45, 2.75) is 66.7 Å². The number of hydrogen-bond donors (Lipinski definition) is 2. The number of carbonyl (C=O) groups is 1. The van der Waals surface area contributed by atoms with E-state index in [1.54, 1.807) is 0 Å². The summed E-state index contributed by atoms with van der Waals surface area (Å²) in [5.41, 5.74) is 11.1. The zero-order valence-corrected chi connectivity index (χ0v) is 17.8. The van der Waals surface area contributed by atoms with Gasteiger partial charge in [-0.15, -0.1) is 0 Å². The van der Waals surface area contributed by atoms with Gasteiger partial charge in [0.05, 0.1) is 0 Å². The van der Waals surface area contributed by atoms with Gasteiger partial charge in [-0.2, -0.15) is 0 Å². The van der Waals surface area contributed by atoms with Crippen molar-refractivity contribution in [1.82, 2.24) is 10.3 Å². The van der Waals surface area contributed by atoms with Crippen LogP contribution < -0.4 is 11.1 Å². The Hall–Kier alpha value is -2.40. The number of pyridine rings is 1. The highest BCUT2D eigenvalue weighted by molar-refractivity contribution is 5.71. The first-order valence-corrected chi connectivity index (χ1v) is 9.77. The lowest BCUT2D eigenvalue weighted by Crippen LogP contribution is -2.32. The molecule has 1 aromatic carbocycles. The number of nitrogens with zero attached hydrogens (tertiary/aromatic N) is 1. The molecular formula is C23H32N3O2. The van der Waals surface area contributed by atoms with Crippen molar-refractivity contribution in [2.24, 2.45) is 11.7 Å². The summed E-state index contributed by atoms with van der Waals surface area (Å²) in [6.45, 7) is 12.7. The van der Waals surface area contributed by atoms with Crippen LogP contribution in [0.2, 0.25) is 0 Å². The fraction of sp³-hybridized carbons (Fsp3) is 0.478. The molecule has 0 aliphatic heterocycles. The average Bonchev–Trinajstić information content (AvgIpc) is 2.58. The molecule has 1 heterocycles. The monoisotopic (exact) mass is 382 g/mol. The molecule has 2 rings (SSSR count). The van der Waals surface area contributed by atoms with Crippen LogP contribution >= 0.6 is 0 Å². The van der Waals surface area contributed by atoms with Crippen LogP contribution in [0.5, 0.6) is 0 Å². The molecule has 1 radical (unpaired) electrons. The number of rotatable bonds is 6. The minimum absolute atomic E-state index is 0.342. The standard InChI is InChI=1S/C23H32N3O2/c1-15(2)11-21-20(14-25-22(27)28-23(4,5)6)19(12-16(3)26-21)18-9-7-17(13-24)8-10-18/h7-10,15H,11,13-14,24H2,1-6H3,(H,25,27). The van der Waals surface area contributed by atoms with E-state index in [-0.39, 0.29) is 0 Å². The van der Waals surface area contributed by atoms with E-state index >= 15 is 0 Å². The number of benzene rings is 1. The molecule has 0 bridgehead atoms. The van der Waals surface area contributed by atoms with Crippen molar-refractivity contribution in [2.75, 3.05) is 0 Å². The van der Waals surface area contributed by atoms with E-state index in [2.05, 4.69) is 25.2 Å². The molecule has 1 amide bonds. The highest BCUT2D eigenvalue weighted by atomic mass is 16.6. The molecule has 0 saturated carbocycles. The summed E-state index contributed by atoms with van der Waals surface area (Å²) in [4.78, 5) is 16.9. The van der Waals surface area contributed by atoms with Crippen molar-refractivity contribution < 1.29 is 9.53 Å². The Morgan fingerprint density at radius 2 is 1.89 bits per heavy atom. The zero-order valence-electron chi connectivity index (χ0n) is 17.8. The molecule has 3 N–H and O–H groups in total. The van der Waals surface area contributed by atoms with Gasteiger partial charge < -0.3 is 15.8 Å². The summed E-state index contributed by atoms with van der Waals surface area (Å²) in [6.07, 6.45) is 0.391. The quantitative estimate of drug-likeness (QED) is 0.769. The highest BCUT2D eigenvalue weighted by Crippen LogP contribution is 2.28. The van der Waals surface area contributed by atoms with E-state index in [1.807, 2.05) is 52.0 Å². The molecule has 2 aromatic rings. The maximum absolute atomic E-state index is 12.2. The fourth-order valence-corrected chi connectivity index (χ4v) is 2.97. The smallest absolute Gasteiger partial charge is 0.407 e. The summed E-state index contributed by atoms with van der Waals surface area (Å²) in [7, 11) is 0. The largest absolute Gasteiger partial charge is 0.444 e. The van der Waals surface area contributed by atoms with Crippen LogP contribution in [-0.2, 0) is 24.2 Å². The van der Waals surface area contributed by atoms with Crippen LogP contribution in [0.1, 0.15) is 57.1 Å². The lowest BCUT2D eigenvalue weighted by Gasteiger charge is -2.21. The minimum atomic E-state index is -0.538. The van der Waals surface area contributed by atoms with E-state index in [0.717, 1.165) is 40.1 Å². The molecule has 0 aliphatic rings. The Balaban J connectivity index is 2.41. The number of nitrogens with one attached hydrogen (secondary N) is 1. The summed E-state index contributed by atoms with van der Waals surface area (Å²) in [5, 5.41) is 2.88. The van der Waals surface area contributed by atoms with Gasteiger partial charge in [0.25, 0.3) is 0 Å². The highest BCUT2D eigenvalue weighted by Gasteiger charge is 2.19. The lowest BCUT2D eigenvalue weighted by atomic mass is 9.94. The molecule has 0 saturated heterocycles. The van der Waals surface area contributed by atoms with Gasteiger partial charge in [0.15, 0.2) is 0 Å². The van der Waals surface area contributed by atoms with E-state index in [9.17, 15) is 4.79 Å². The topological polar surface area (TPSA) is 77.2 Å². The van der Waals surface area contributed by atoms with Gasteiger partial charge in [-0.05, 0) is 56.7 Å². The van der Waals surface area contributed by atoms with Crippen LogP contribution in [0.4, 0.5) is 4.79 Å². The van der Waals surface area contributed by atoms with Gasteiger partial charge in [0, 0.05) is 36.1 Å². The van der Waals surface area contributed by atoms with Crippen molar-refractivity contribution in [3.05, 3.63) is 52.8 Å². The number of carbonyl (C=O) groups excluding carboxylic acids is 1. The molecule has 0 atom stereocenters. The maximum Gasteiger partial charge on any atom is 0.407 e. The number of amides is 1. The van der Waals surface area contributed by atoms with Gasteiger partial charge >= 0.3 is 6.09 Å². The summed E-state index contributed by atoms with van der Waals surface area (Å²) in [6, 6.07) is 11.5. The molecule has 0 aliphatic carbocycles. The molecule has 151 valence electrons. The molecule has 5 nitrogen and oxygen atoms in total. The molecular weight excluding hydrogens is 350 g/mol. The normalized spacial score (nSPS) is 11.6. The van der Waals surface area contributed by atoms with Crippen molar-refractivity contribution in [3.63, 3.8) is 0 Å². The third-order valence-electron chi connectivity index (χ3n) is 4.15. The SMILES string of the molecule is Cc1[c]c(-c2ccc(CN)cc2)c(CNC(=O)OC(C)(C)C)c(CC(C)C)n1. The second-order valence-electron chi connectivity index (χ2n) is 8.48. The molecule has 0 fully saturated rings.